The molecule has 3 rings (SSSR count). The molecule has 23 heavy (non-hydrogen) atoms. The number of ether oxygens (including phenoxy) is 1. The van der Waals surface area contributed by atoms with E-state index in [0.717, 1.165) is 30.7 Å². The van der Waals surface area contributed by atoms with Crippen molar-refractivity contribution in [3.63, 3.8) is 0 Å². The molecule has 1 unspecified atom stereocenters. The summed E-state index contributed by atoms with van der Waals surface area (Å²) in [6.07, 6.45) is 1.66. The Morgan fingerprint density at radius 1 is 1.09 bits per heavy atom. The van der Waals surface area contributed by atoms with Crippen LogP contribution in [0.25, 0.3) is 0 Å². The van der Waals surface area contributed by atoms with Crippen molar-refractivity contribution in [2.75, 3.05) is 13.7 Å². The first-order valence-corrected chi connectivity index (χ1v) is 8.07. The van der Waals surface area contributed by atoms with Crippen LogP contribution < -0.4 is 4.74 Å². The molecule has 0 aromatic heterocycles. The zero-order valence-electron chi connectivity index (χ0n) is 13.8. The van der Waals surface area contributed by atoms with Gasteiger partial charge in [0.1, 0.15) is 5.75 Å². The standard InChI is InChI=1S/C20H23NO2/c1-20(14-17-9-6-10-18(13-17)23-2)11-12-21(19(20)22)15-16-7-4-3-5-8-16/h3-10,13H,11-12,14-15H2,1-2H3. The Balaban J connectivity index is 1.71. The summed E-state index contributed by atoms with van der Waals surface area (Å²) in [7, 11) is 1.67. The first kappa shape index (κ1) is 15.6. The minimum Gasteiger partial charge on any atom is -0.497 e. The molecule has 1 aliphatic heterocycles. The van der Waals surface area contributed by atoms with Gasteiger partial charge in [-0.25, -0.2) is 0 Å². The van der Waals surface area contributed by atoms with Crippen molar-refractivity contribution in [2.24, 2.45) is 5.41 Å². The molecule has 0 spiro atoms. The number of carbonyl (C=O) groups is 1. The Labute approximate surface area is 137 Å². The summed E-state index contributed by atoms with van der Waals surface area (Å²) in [5.74, 6) is 1.10. The van der Waals surface area contributed by atoms with E-state index < -0.39 is 0 Å². The minimum atomic E-state index is -0.318. The molecule has 0 saturated carbocycles. The summed E-state index contributed by atoms with van der Waals surface area (Å²) < 4.78 is 5.28. The van der Waals surface area contributed by atoms with Gasteiger partial charge in [-0.05, 0) is 36.1 Å². The molecule has 0 radical (unpaired) electrons. The third-order valence-electron chi connectivity index (χ3n) is 4.68. The van der Waals surface area contributed by atoms with Gasteiger partial charge in [0.25, 0.3) is 0 Å². The van der Waals surface area contributed by atoms with Crippen LogP contribution in [0.5, 0.6) is 5.75 Å². The van der Waals surface area contributed by atoms with Crippen LogP contribution in [0.3, 0.4) is 0 Å². The van der Waals surface area contributed by atoms with Crippen LogP contribution in [-0.4, -0.2) is 24.5 Å². The fourth-order valence-corrected chi connectivity index (χ4v) is 3.32. The summed E-state index contributed by atoms with van der Waals surface area (Å²) in [5.41, 5.74) is 2.02. The monoisotopic (exact) mass is 309 g/mol. The van der Waals surface area contributed by atoms with Crippen molar-refractivity contribution < 1.29 is 9.53 Å². The summed E-state index contributed by atoms with van der Waals surface area (Å²) in [4.78, 5) is 14.9. The molecule has 1 heterocycles. The predicted octanol–water partition coefficient (Wildman–Crippen LogP) is 3.68. The molecule has 2 aromatic rings. The molecule has 1 aliphatic rings. The van der Waals surface area contributed by atoms with Gasteiger partial charge < -0.3 is 9.64 Å². The first-order chi connectivity index (χ1) is 11.1. The van der Waals surface area contributed by atoms with E-state index in [2.05, 4.69) is 25.1 Å². The lowest BCUT2D eigenvalue weighted by Crippen LogP contribution is -2.33. The number of hydrogen-bond acceptors (Lipinski definition) is 2. The molecule has 2 aromatic carbocycles. The van der Waals surface area contributed by atoms with E-state index in [4.69, 9.17) is 4.74 Å². The SMILES string of the molecule is COc1cccc(CC2(C)CCN(Cc3ccccc3)C2=O)c1. The van der Waals surface area contributed by atoms with Gasteiger partial charge in [-0.1, -0.05) is 49.4 Å². The number of methoxy groups -OCH3 is 1. The quantitative estimate of drug-likeness (QED) is 0.843. The van der Waals surface area contributed by atoms with Gasteiger partial charge in [0, 0.05) is 13.1 Å². The average molecular weight is 309 g/mol. The number of carbonyl (C=O) groups excluding carboxylic acids is 1. The highest BCUT2D eigenvalue weighted by atomic mass is 16.5. The Morgan fingerprint density at radius 2 is 1.83 bits per heavy atom. The summed E-state index contributed by atoms with van der Waals surface area (Å²) in [5, 5.41) is 0. The molecule has 3 heteroatoms. The normalized spacial score (nSPS) is 20.8. The van der Waals surface area contributed by atoms with Crippen LogP contribution in [0.1, 0.15) is 24.5 Å². The first-order valence-electron chi connectivity index (χ1n) is 8.07. The zero-order valence-corrected chi connectivity index (χ0v) is 13.8. The Hall–Kier alpha value is -2.29. The van der Waals surface area contributed by atoms with Gasteiger partial charge in [0.2, 0.25) is 5.91 Å². The number of likely N-dealkylation sites (tertiary alicyclic amines) is 1. The van der Waals surface area contributed by atoms with E-state index in [-0.39, 0.29) is 11.3 Å². The molecule has 1 atom stereocenters. The molecule has 0 N–H and O–H groups in total. The molecular weight excluding hydrogens is 286 g/mol. The number of benzene rings is 2. The lowest BCUT2D eigenvalue weighted by molar-refractivity contribution is -0.135. The van der Waals surface area contributed by atoms with Crippen molar-refractivity contribution >= 4 is 5.91 Å². The highest BCUT2D eigenvalue weighted by Crippen LogP contribution is 2.36. The van der Waals surface area contributed by atoms with Crippen molar-refractivity contribution in [1.29, 1.82) is 0 Å². The summed E-state index contributed by atoms with van der Waals surface area (Å²) in [6, 6.07) is 18.2. The smallest absolute Gasteiger partial charge is 0.229 e. The highest BCUT2D eigenvalue weighted by Gasteiger charge is 2.42. The average Bonchev–Trinajstić information content (AvgIpc) is 2.84. The molecule has 120 valence electrons. The lowest BCUT2D eigenvalue weighted by Gasteiger charge is -2.24. The molecule has 1 fully saturated rings. The maximum Gasteiger partial charge on any atom is 0.229 e. The van der Waals surface area contributed by atoms with E-state index in [1.807, 2.05) is 41.3 Å². The van der Waals surface area contributed by atoms with E-state index in [9.17, 15) is 4.79 Å². The van der Waals surface area contributed by atoms with Crippen molar-refractivity contribution in [2.45, 2.75) is 26.3 Å². The molecule has 1 saturated heterocycles. The second-order valence-electron chi connectivity index (χ2n) is 6.55. The molecule has 3 nitrogen and oxygen atoms in total. The van der Waals surface area contributed by atoms with Crippen molar-refractivity contribution in [3.8, 4) is 5.75 Å². The van der Waals surface area contributed by atoms with Crippen molar-refractivity contribution in [3.05, 3.63) is 65.7 Å². The van der Waals surface area contributed by atoms with E-state index in [0.29, 0.717) is 6.54 Å². The van der Waals surface area contributed by atoms with Crippen LogP contribution in [-0.2, 0) is 17.8 Å². The van der Waals surface area contributed by atoms with Gasteiger partial charge in [0.15, 0.2) is 0 Å². The number of hydrogen-bond donors (Lipinski definition) is 0. The van der Waals surface area contributed by atoms with E-state index in [1.54, 1.807) is 7.11 Å². The topological polar surface area (TPSA) is 29.5 Å². The predicted molar refractivity (Wildman–Crippen MR) is 91.3 cm³/mol. The van der Waals surface area contributed by atoms with E-state index in [1.165, 1.54) is 5.56 Å². The zero-order chi connectivity index (χ0) is 16.3. The maximum atomic E-state index is 12.9. The number of amides is 1. The number of nitrogens with zero attached hydrogens (tertiary/aromatic N) is 1. The molecule has 0 bridgehead atoms. The van der Waals surface area contributed by atoms with Gasteiger partial charge >= 0.3 is 0 Å². The summed E-state index contributed by atoms with van der Waals surface area (Å²) in [6.45, 7) is 3.61. The Kier molecular flexibility index (Phi) is 4.37. The fourth-order valence-electron chi connectivity index (χ4n) is 3.32. The van der Waals surface area contributed by atoms with Gasteiger partial charge in [0.05, 0.1) is 12.5 Å². The van der Waals surface area contributed by atoms with Crippen LogP contribution in [0.15, 0.2) is 54.6 Å². The maximum absolute atomic E-state index is 12.9. The van der Waals surface area contributed by atoms with E-state index >= 15 is 0 Å². The third-order valence-corrected chi connectivity index (χ3v) is 4.68. The molecular formula is C20H23NO2. The highest BCUT2D eigenvalue weighted by molar-refractivity contribution is 5.84. The van der Waals surface area contributed by atoms with Crippen LogP contribution in [0, 0.1) is 5.41 Å². The van der Waals surface area contributed by atoms with Crippen LogP contribution >= 0.6 is 0 Å². The van der Waals surface area contributed by atoms with Gasteiger partial charge in [-0.3, -0.25) is 4.79 Å². The van der Waals surface area contributed by atoms with Gasteiger partial charge in [-0.2, -0.15) is 0 Å². The minimum absolute atomic E-state index is 0.254. The second-order valence-corrected chi connectivity index (χ2v) is 6.55. The lowest BCUT2D eigenvalue weighted by atomic mass is 9.82. The second kappa shape index (κ2) is 6.45. The fraction of sp³-hybridized carbons (Fsp3) is 0.350. The van der Waals surface area contributed by atoms with Crippen molar-refractivity contribution in [1.82, 2.24) is 4.90 Å². The summed E-state index contributed by atoms with van der Waals surface area (Å²) >= 11 is 0. The van der Waals surface area contributed by atoms with Crippen LogP contribution in [0.2, 0.25) is 0 Å². The van der Waals surface area contributed by atoms with Gasteiger partial charge in [-0.15, -0.1) is 0 Å². The third kappa shape index (κ3) is 3.39. The largest absolute Gasteiger partial charge is 0.497 e. The Morgan fingerprint density at radius 3 is 2.57 bits per heavy atom. The Bertz CT molecular complexity index is 683. The number of rotatable bonds is 5. The van der Waals surface area contributed by atoms with Crippen LogP contribution in [0.4, 0.5) is 0 Å². The molecule has 1 amide bonds. The molecule has 0 aliphatic carbocycles.